The molecule has 2 heteroatoms. The van der Waals surface area contributed by atoms with Gasteiger partial charge in [-0.1, -0.05) is 12.1 Å². The zero-order chi connectivity index (χ0) is 11.1. The fraction of sp³-hybridized carbons (Fsp3) is 0.308. The fourth-order valence-corrected chi connectivity index (χ4v) is 1.88. The van der Waals surface area contributed by atoms with Crippen LogP contribution >= 0.6 is 0 Å². The summed E-state index contributed by atoms with van der Waals surface area (Å²) in [6, 6.07) is 5.82. The SMILES string of the molecule is COc1ccc2c(c1)C=CC(=O)C2(C)C. The quantitative estimate of drug-likeness (QED) is 0.699. The van der Waals surface area contributed by atoms with Crippen LogP contribution in [0.25, 0.3) is 6.08 Å². The Balaban J connectivity index is 2.60. The van der Waals surface area contributed by atoms with Crippen LogP contribution in [-0.2, 0) is 10.2 Å². The summed E-state index contributed by atoms with van der Waals surface area (Å²) >= 11 is 0. The molecule has 2 rings (SSSR count). The second-order valence-corrected chi connectivity index (χ2v) is 4.28. The number of allylic oxidation sites excluding steroid dienone is 1. The number of hydrogen-bond acceptors (Lipinski definition) is 2. The number of carbonyl (C=O) groups excluding carboxylic acids is 1. The van der Waals surface area contributed by atoms with E-state index in [1.807, 2.05) is 38.1 Å². The molecule has 1 aliphatic carbocycles. The van der Waals surface area contributed by atoms with Crippen molar-refractivity contribution in [1.82, 2.24) is 0 Å². The molecule has 0 fully saturated rings. The summed E-state index contributed by atoms with van der Waals surface area (Å²) in [5, 5.41) is 0. The van der Waals surface area contributed by atoms with Crippen molar-refractivity contribution in [2.24, 2.45) is 0 Å². The van der Waals surface area contributed by atoms with Gasteiger partial charge in [0.05, 0.1) is 12.5 Å². The van der Waals surface area contributed by atoms with E-state index in [1.165, 1.54) is 0 Å². The second kappa shape index (κ2) is 3.23. The van der Waals surface area contributed by atoms with E-state index in [2.05, 4.69) is 0 Å². The minimum absolute atomic E-state index is 0.153. The van der Waals surface area contributed by atoms with Crippen molar-refractivity contribution in [3.05, 3.63) is 35.4 Å². The Morgan fingerprint density at radius 3 is 2.60 bits per heavy atom. The normalized spacial score (nSPS) is 17.4. The molecule has 1 aromatic rings. The van der Waals surface area contributed by atoms with Gasteiger partial charge in [-0.3, -0.25) is 4.79 Å². The Morgan fingerprint density at radius 2 is 1.93 bits per heavy atom. The predicted molar refractivity (Wildman–Crippen MR) is 60.1 cm³/mol. The first-order valence-electron chi connectivity index (χ1n) is 4.97. The van der Waals surface area contributed by atoms with Gasteiger partial charge in [0.1, 0.15) is 5.75 Å². The van der Waals surface area contributed by atoms with E-state index in [0.29, 0.717) is 0 Å². The van der Waals surface area contributed by atoms with E-state index in [9.17, 15) is 4.79 Å². The Hall–Kier alpha value is -1.57. The molecule has 0 heterocycles. The van der Waals surface area contributed by atoms with Crippen LogP contribution in [0.2, 0.25) is 0 Å². The van der Waals surface area contributed by atoms with Gasteiger partial charge >= 0.3 is 0 Å². The third-order valence-electron chi connectivity index (χ3n) is 2.96. The largest absolute Gasteiger partial charge is 0.497 e. The molecule has 0 radical (unpaired) electrons. The number of methoxy groups -OCH3 is 1. The monoisotopic (exact) mass is 202 g/mol. The zero-order valence-corrected chi connectivity index (χ0v) is 9.20. The molecule has 0 N–H and O–H groups in total. The average Bonchev–Trinajstić information content (AvgIpc) is 2.23. The van der Waals surface area contributed by atoms with Gasteiger partial charge in [0, 0.05) is 0 Å². The van der Waals surface area contributed by atoms with Gasteiger partial charge in [-0.05, 0) is 43.2 Å². The summed E-state index contributed by atoms with van der Waals surface area (Å²) in [5.41, 5.74) is 1.71. The molecule has 0 amide bonds. The standard InChI is InChI=1S/C13H14O2/c1-13(2)11-6-5-10(15-3)8-9(11)4-7-12(13)14/h4-8H,1-3H3. The third kappa shape index (κ3) is 1.46. The molecule has 78 valence electrons. The van der Waals surface area contributed by atoms with Gasteiger partial charge in [0.2, 0.25) is 0 Å². The lowest BCUT2D eigenvalue weighted by Crippen LogP contribution is -2.30. The molecular formula is C13H14O2. The van der Waals surface area contributed by atoms with Crippen LogP contribution in [-0.4, -0.2) is 12.9 Å². The first-order chi connectivity index (χ1) is 7.05. The summed E-state index contributed by atoms with van der Waals surface area (Å²) in [7, 11) is 1.64. The van der Waals surface area contributed by atoms with Crippen molar-refractivity contribution in [3.63, 3.8) is 0 Å². The molecule has 1 aromatic carbocycles. The lowest BCUT2D eigenvalue weighted by Gasteiger charge is -2.27. The van der Waals surface area contributed by atoms with Gasteiger partial charge in [0.25, 0.3) is 0 Å². The maximum atomic E-state index is 11.7. The second-order valence-electron chi connectivity index (χ2n) is 4.28. The number of fused-ring (bicyclic) bond motifs is 1. The molecule has 15 heavy (non-hydrogen) atoms. The molecule has 2 nitrogen and oxygen atoms in total. The maximum absolute atomic E-state index is 11.7. The number of ether oxygens (including phenoxy) is 1. The van der Waals surface area contributed by atoms with E-state index >= 15 is 0 Å². The van der Waals surface area contributed by atoms with Crippen molar-refractivity contribution in [1.29, 1.82) is 0 Å². The van der Waals surface area contributed by atoms with Gasteiger partial charge < -0.3 is 4.74 Å². The summed E-state index contributed by atoms with van der Waals surface area (Å²) in [5.74, 6) is 0.976. The third-order valence-corrected chi connectivity index (χ3v) is 2.96. The Kier molecular flexibility index (Phi) is 2.14. The highest BCUT2D eigenvalue weighted by molar-refractivity contribution is 6.04. The minimum atomic E-state index is -0.420. The van der Waals surface area contributed by atoms with Crippen LogP contribution in [0.3, 0.4) is 0 Å². The van der Waals surface area contributed by atoms with E-state index in [1.54, 1.807) is 13.2 Å². The summed E-state index contributed by atoms with van der Waals surface area (Å²) in [4.78, 5) is 11.7. The van der Waals surface area contributed by atoms with E-state index in [4.69, 9.17) is 4.74 Å². The maximum Gasteiger partial charge on any atom is 0.165 e. The predicted octanol–water partition coefficient (Wildman–Crippen LogP) is 2.57. The molecule has 0 saturated heterocycles. The van der Waals surface area contributed by atoms with E-state index in [-0.39, 0.29) is 5.78 Å². The average molecular weight is 202 g/mol. The number of carbonyl (C=O) groups is 1. The smallest absolute Gasteiger partial charge is 0.165 e. The van der Waals surface area contributed by atoms with Crippen molar-refractivity contribution >= 4 is 11.9 Å². The molecule has 0 saturated carbocycles. The molecular weight excluding hydrogens is 188 g/mol. The Labute approximate surface area is 89.6 Å². The van der Waals surface area contributed by atoms with Crippen molar-refractivity contribution in [2.75, 3.05) is 7.11 Å². The van der Waals surface area contributed by atoms with Gasteiger partial charge in [-0.2, -0.15) is 0 Å². The van der Waals surface area contributed by atoms with E-state index in [0.717, 1.165) is 16.9 Å². The number of hydrogen-bond donors (Lipinski definition) is 0. The highest BCUT2D eigenvalue weighted by Gasteiger charge is 2.32. The van der Waals surface area contributed by atoms with Crippen LogP contribution in [0.4, 0.5) is 0 Å². The van der Waals surface area contributed by atoms with E-state index < -0.39 is 5.41 Å². The van der Waals surface area contributed by atoms with Crippen LogP contribution < -0.4 is 4.74 Å². The molecule has 0 atom stereocenters. The number of rotatable bonds is 1. The van der Waals surface area contributed by atoms with Crippen LogP contribution in [0.5, 0.6) is 5.75 Å². The lowest BCUT2D eigenvalue weighted by atomic mass is 9.75. The molecule has 0 aromatic heterocycles. The topological polar surface area (TPSA) is 26.3 Å². The molecule has 1 aliphatic rings. The zero-order valence-electron chi connectivity index (χ0n) is 9.20. The highest BCUT2D eigenvalue weighted by Crippen LogP contribution is 2.34. The fourth-order valence-electron chi connectivity index (χ4n) is 1.88. The Bertz CT molecular complexity index is 442. The van der Waals surface area contributed by atoms with Crippen LogP contribution in [0, 0.1) is 0 Å². The van der Waals surface area contributed by atoms with Crippen molar-refractivity contribution in [3.8, 4) is 5.75 Å². The summed E-state index contributed by atoms with van der Waals surface area (Å²) in [6.45, 7) is 3.90. The number of benzene rings is 1. The van der Waals surface area contributed by atoms with Gasteiger partial charge in [-0.25, -0.2) is 0 Å². The van der Waals surface area contributed by atoms with Gasteiger partial charge in [0.15, 0.2) is 5.78 Å². The highest BCUT2D eigenvalue weighted by atomic mass is 16.5. The van der Waals surface area contributed by atoms with Gasteiger partial charge in [-0.15, -0.1) is 0 Å². The lowest BCUT2D eigenvalue weighted by molar-refractivity contribution is -0.118. The molecule has 0 spiro atoms. The summed E-state index contributed by atoms with van der Waals surface area (Å²) in [6.07, 6.45) is 3.49. The molecule has 0 aliphatic heterocycles. The summed E-state index contributed by atoms with van der Waals surface area (Å²) < 4.78 is 5.16. The van der Waals surface area contributed by atoms with Crippen molar-refractivity contribution < 1.29 is 9.53 Å². The Morgan fingerprint density at radius 1 is 1.20 bits per heavy atom. The molecule has 0 bridgehead atoms. The minimum Gasteiger partial charge on any atom is -0.497 e. The van der Waals surface area contributed by atoms with Crippen LogP contribution in [0.15, 0.2) is 24.3 Å². The first kappa shape index (κ1) is 9.97. The number of ketones is 1. The molecule has 0 unspecified atom stereocenters. The first-order valence-corrected chi connectivity index (χ1v) is 4.97. The van der Waals surface area contributed by atoms with Crippen LogP contribution in [0.1, 0.15) is 25.0 Å². The van der Waals surface area contributed by atoms with Crippen molar-refractivity contribution in [2.45, 2.75) is 19.3 Å².